The summed E-state index contributed by atoms with van der Waals surface area (Å²) in [5.74, 6) is -1.13. The van der Waals surface area contributed by atoms with Crippen LogP contribution in [0.3, 0.4) is 0 Å². The summed E-state index contributed by atoms with van der Waals surface area (Å²) in [6.07, 6.45) is 4.14. The molecule has 6 nitrogen and oxygen atoms in total. The van der Waals surface area contributed by atoms with E-state index in [0.717, 1.165) is 0 Å². The highest BCUT2D eigenvalue weighted by molar-refractivity contribution is 7.84. The van der Waals surface area contributed by atoms with Gasteiger partial charge in [0, 0.05) is 34.9 Å². The van der Waals surface area contributed by atoms with E-state index >= 15 is 0 Å². The molecule has 0 radical (unpaired) electrons. The number of hydrogen-bond donors (Lipinski definition) is 3. The standard InChI is InChI=1S/C12H22N2O4S/c1-8(19(2)18)5-6-13-12(17)14-10-4-3-9(7-10)11(15)16/h8-10H,3-7H2,1-2H3,(H,15,16)(H2,13,14,17)/t8?,9-,10+,19?/m1/s1. The van der Waals surface area contributed by atoms with Crippen LogP contribution < -0.4 is 10.6 Å². The summed E-state index contributed by atoms with van der Waals surface area (Å²) in [6.45, 7) is 2.35. The molecule has 0 spiro atoms. The molecule has 1 saturated carbocycles. The second-order valence-electron chi connectivity index (χ2n) is 5.04. The van der Waals surface area contributed by atoms with Crippen molar-refractivity contribution in [3.8, 4) is 0 Å². The maximum Gasteiger partial charge on any atom is 0.315 e. The van der Waals surface area contributed by atoms with Crippen LogP contribution >= 0.6 is 0 Å². The van der Waals surface area contributed by atoms with Crippen LogP contribution in [0.1, 0.15) is 32.6 Å². The minimum Gasteiger partial charge on any atom is -0.481 e. The molecule has 0 aromatic heterocycles. The lowest BCUT2D eigenvalue weighted by molar-refractivity contribution is -0.141. The van der Waals surface area contributed by atoms with Crippen molar-refractivity contribution in [2.45, 2.75) is 43.9 Å². The van der Waals surface area contributed by atoms with Gasteiger partial charge < -0.3 is 15.7 Å². The Kier molecular flexibility index (Phi) is 6.27. The van der Waals surface area contributed by atoms with Crippen molar-refractivity contribution >= 4 is 22.8 Å². The number of urea groups is 1. The molecule has 1 fully saturated rings. The number of carboxylic acids is 1. The molecule has 2 unspecified atom stereocenters. The number of rotatable bonds is 6. The monoisotopic (exact) mass is 290 g/mol. The molecular weight excluding hydrogens is 268 g/mol. The molecule has 19 heavy (non-hydrogen) atoms. The van der Waals surface area contributed by atoms with Crippen LogP contribution in [0.4, 0.5) is 4.79 Å². The SMILES string of the molecule is CC(CCNC(=O)N[C@H]1CC[C@@H](C(=O)O)C1)S(C)=O. The number of nitrogens with one attached hydrogen (secondary N) is 2. The average molecular weight is 290 g/mol. The molecule has 2 amide bonds. The van der Waals surface area contributed by atoms with Gasteiger partial charge in [0.25, 0.3) is 0 Å². The molecule has 0 bridgehead atoms. The largest absolute Gasteiger partial charge is 0.481 e. The summed E-state index contributed by atoms with van der Waals surface area (Å²) in [5, 5.41) is 14.4. The maximum atomic E-state index is 11.6. The second kappa shape index (κ2) is 7.47. The van der Waals surface area contributed by atoms with Gasteiger partial charge in [-0.25, -0.2) is 4.79 Å². The number of amides is 2. The Bertz CT molecular complexity index is 362. The molecule has 3 N–H and O–H groups in total. The highest BCUT2D eigenvalue weighted by Gasteiger charge is 2.30. The van der Waals surface area contributed by atoms with Crippen LogP contribution in [-0.2, 0) is 15.6 Å². The molecule has 1 aliphatic rings. The Labute approximate surface area is 115 Å². The van der Waals surface area contributed by atoms with Crippen LogP contribution in [0.15, 0.2) is 0 Å². The van der Waals surface area contributed by atoms with E-state index in [-0.39, 0.29) is 23.2 Å². The predicted molar refractivity (Wildman–Crippen MR) is 73.4 cm³/mol. The Balaban J connectivity index is 2.18. The molecule has 4 atom stereocenters. The fourth-order valence-electron chi connectivity index (χ4n) is 2.13. The third kappa shape index (κ3) is 5.59. The van der Waals surface area contributed by atoms with Gasteiger partial charge in [-0.15, -0.1) is 0 Å². The van der Waals surface area contributed by atoms with Crippen LogP contribution in [0.2, 0.25) is 0 Å². The summed E-state index contributed by atoms with van der Waals surface area (Å²) in [4.78, 5) is 22.4. The minimum absolute atomic E-state index is 0.0566. The summed E-state index contributed by atoms with van der Waals surface area (Å²) in [7, 11) is -0.876. The van der Waals surface area contributed by atoms with Crippen molar-refractivity contribution < 1.29 is 18.9 Å². The van der Waals surface area contributed by atoms with Gasteiger partial charge in [0.05, 0.1) is 5.92 Å². The van der Waals surface area contributed by atoms with E-state index < -0.39 is 16.8 Å². The van der Waals surface area contributed by atoms with E-state index in [2.05, 4.69) is 10.6 Å². The van der Waals surface area contributed by atoms with E-state index in [0.29, 0.717) is 32.2 Å². The second-order valence-corrected chi connectivity index (χ2v) is 6.85. The third-order valence-corrected chi connectivity index (χ3v) is 4.89. The van der Waals surface area contributed by atoms with E-state index in [1.165, 1.54) is 0 Å². The van der Waals surface area contributed by atoms with E-state index in [1.54, 1.807) is 6.26 Å². The first-order valence-electron chi connectivity index (χ1n) is 6.49. The Morgan fingerprint density at radius 3 is 2.63 bits per heavy atom. The van der Waals surface area contributed by atoms with Crippen LogP contribution in [0.25, 0.3) is 0 Å². The number of hydrogen-bond acceptors (Lipinski definition) is 3. The summed E-state index contributed by atoms with van der Waals surface area (Å²) in [5.41, 5.74) is 0. The smallest absolute Gasteiger partial charge is 0.315 e. The zero-order valence-electron chi connectivity index (χ0n) is 11.3. The zero-order chi connectivity index (χ0) is 14.4. The molecule has 1 aliphatic carbocycles. The van der Waals surface area contributed by atoms with Crippen molar-refractivity contribution in [3.63, 3.8) is 0 Å². The number of carboxylic acid groups (broad SMARTS) is 1. The van der Waals surface area contributed by atoms with E-state index in [9.17, 15) is 13.8 Å². The summed E-state index contributed by atoms with van der Waals surface area (Å²) >= 11 is 0. The quantitative estimate of drug-likeness (QED) is 0.671. The van der Waals surface area contributed by atoms with Crippen molar-refractivity contribution in [3.05, 3.63) is 0 Å². The Hall–Kier alpha value is -1.11. The third-order valence-electron chi connectivity index (χ3n) is 3.52. The summed E-state index contributed by atoms with van der Waals surface area (Å²) < 4.78 is 11.1. The van der Waals surface area contributed by atoms with Crippen molar-refractivity contribution in [2.75, 3.05) is 12.8 Å². The molecule has 0 aromatic carbocycles. The normalized spacial score (nSPS) is 25.6. The first-order chi connectivity index (χ1) is 8.90. The molecule has 0 aliphatic heterocycles. The van der Waals surface area contributed by atoms with E-state index in [4.69, 9.17) is 5.11 Å². The molecule has 1 rings (SSSR count). The first-order valence-corrected chi connectivity index (χ1v) is 8.11. The average Bonchev–Trinajstić information content (AvgIpc) is 2.77. The molecule has 0 aromatic rings. The predicted octanol–water partition coefficient (Wildman–Crippen LogP) is 0.696. The van der Waals surface area contributed by atoms with Crippen molar-refractivity contribution in [1.29, 1.82) is 0 Å². The fraction of sp³-hybridized carbons (Fsp3) is 0.833. The minimum atomic E-state index is -0.876. The fourth-order valence-corrected chi connectivity index (χ4v) is 2.58. The van der Waals surface area contributed by atoms with Gasteiger partial charge >= 0.3 is 12.0 Å². The molecular formula is C12H22N2O4S. The summed E-state index contributed by atoms with van der Waals surface area (Å²) in [6, 6.07) is -0.330. The van der Waals surface area contributed by atoms with Gasteiger partial charge in [-0.3, -0.25) is 9.00 Å². The highest BCUT2D eigenvalue weighted by atomic mass is 32.2. The molecule has 7 heteroatoms. The van der Waals surface area contributed by atoms with Gasteiger partial charge in [-0.1, -0.05) is 6.92 Å². The highest BCUT2D eigenvalue weighted by Crippen LogP contribution is 2.25. The molecule has 110 valence electrons. The van der Waals surface area contributed by atoms with E-state index in [1.807, 2.05) is 6.92 Å². The van der Waals surface area contributed by atoms with Gasteiger partial charge in [0.1, 0.15) is 0 Å². The molecule has 0 heterocycles. The lowest BCUT2D eigenvalue weighted by Gasteiger charge is -2.14. The van der Waals surface area contributed by atoms with Crippen molar-refractivity contribution in [1.82, 2.24) is 10.6 Å². The lowest BCUT2D eigenvalue weighted by Crippen LogP contribution is -2.42. The van der Waals surface area contributed by atoms with Crippen LogP contribution in [0, 0.1) is 5.92 Å². The number of carbonyl (C=O) groups excluding carboxylic acids is 1. The first kappa shape index (κ1) is 15.9. The van der Waals surface area contributed by atoms with Gasteiger partial charge in [-0.05, 0) is 25.7 Å². The van der Waals surface area contributed by atoms with Gasteiger partial charge in [-0.2, -0.15) is 0 Å². The zero-order valence-corrected chi connectivity index (χ0v) is 12.2. The molecule has 0 saturated heterocycles. The lowest BCUT2D eigenvalue weighted by atomic mass is 10.1. The Morgan fingerprint density at radius 2 is 2.11 bits per heavy atom. The van der Waals surface area contributed by atoms with Crippen LogP contribution in [0.5, 0.6) is 0 Å². The number of carbonyl (C=O) groups is 2. The Morgan fingerprint density at radius 1 is 1.42 bits per heavy atom. The van der Waals surface area contributed by atoms with Gasteiger partial charge in [0.15, 0.2) is 0 Å². The maximum absolute atomic E-state index is 11.6. The number of aliphatic carboxylic acids is 1. The van der Waals surface area contributed by atoms with Crippen molar-refractivity contribution in [2.24, 2.45) is 5.92 Å². The van der Waals surface area contributed by atoms with Gasteiger partial charge in [0.2, 0.25) is 0 Å². The topological polar surface area (TPSA) is 95.5 Å². The van der Waals surface area contributed by atoms with Crippen LogP contribution in [-0.4, -0.2) is 45.4 Å².